The number of benzene rings is 1. The third kappa shape index (κ3) is 3.48. The third-order valence-corrected chi connectivity index (χ3v) is 4.07. The van der Waals surface area contributed by atoms with Crippen molar-refractivity contribution in [3.05, 3.63) is 28.7 Å². The molecule has 0 bridgehead atoms. The molecule has 104 valence electrons. The Morgan fingerprint density at radius 2 is 2.26 bits per heavy atom. The number of amides is 1. The number of halogens is 1. The van der Waals surface area contributed by atoms with E-state index in [0.29, 0.717) is 5.75 Å². The Bertz CT molecular complexity index is 447. The molecule has 0 spiro atoms. The molecule has 1 aromatic rings. The second-order valence-electron chi connectivity index (χ2n) is 4.79. The van der Waals surface area contributed by atoms with Crippen LogP contribution in [0.1, 0.15) is 13.3 Å². The molecule has 19 heavy (non-hydrogen) atoms. The zero-order valence-corrected chi connectivity index (χ0v) is 12.8. The monoisotopic (exact) mass is 326 g/mol. The van der Waals surface area contributed by atoms with Crippen LogP contribution in [0.15, 0.2) is 28.7 Å². The van der Waals surface area contributed by atoms with E-state index in [2.05, 4.69) is 21.2 Å². The third-order valence-electron chi connectivity index (χ3n) is 3.42. The number of rotatable bonds is 4. The molecule has 0 aliphatic carbocycles. The molecule has 1 saturated heterocycles. The number of hydrogen-bond acceptors (Lipinski definition) is 3. The van der Waals surface area contributed by atoms with Gasteiger partial charge < -0.3 is 15.0 Å². The SMILES string of the molecule is CC(Oc1ccccc1Br)C(=O)N(C)C1CCNC1. The zero-order valence-electron chi connectivity index (χ0n) is 11.2. The lowest BCUT2D eigenvalue weighted by molar-refractivity contribution is -0.138. The first-order valence-electron chi connectivity index (χ1n) is 6.48. The van der Waals surface area contributed by atoms with E-state index >= 15 is 0 Å². The van der Waals surface area contributed by atoms with Crippen molar-refractivity contribution in [1.82, 2.24) is 10.2 Å². The van der Waals surface area contributed by atoms with Gasteiger partial charge in [-0.05, 0) is 48.0 Å². The number of carbonyl (C=O) groups excluding carboxylic acids is 1. The molecular formula is C14H19BrN2O2. The lowest BCUT2D eigenvalue weighted by Gasteiger charge is -2.27. The summed E-state index contributed by atoms with van der Waals surface area (Å²) in [7, 11) is 1.85. The number of hydrogen-bond donors (Lipinski definition) is 1. The molecule has 0 aromatic heterocycles. The molecule has 1 aliphatic rings. The van der Waals surface area contributed by atoms with Crippen LogP contribution in [0.4, 0.5) is 0 Å². The van der Waals surface area contributed by atoms with Gasteiger partial charge in [-0.1, -0.05) is 12.1 Å². The summed E-state index contributed by atoms with van der Waals surface area (Å²) in [4.78, 5) is 14.1. The lowest BCUT2D eigenvalue weighted by Crippen LogP contribution is -2.44. The summed E-state index contributed by atoms with van der Waals surface area (Å²) in [5.41, 5.74) is 0. The van der Waals surface area contributed by atoms with Gasteiger partial charge in [-0.25, -0.2) is 0 Å². The predicted octanol–water partition coefficient (Wildman–Crippen LogP) is 2.04. The van der Waals surface area contributed by atoms with Gasteiger partial charge >= 0.3 is 0 Å². The van der Waals surface area contributed by atoms with Crippen molar-refractivity contribution in [3.8, 4) is 5.75 Å². The van der Waals surface area contributed by atoms with E-state index in [4.69, 9.17) is 4.74 Å². The van der Waals surface area contributed by atoms with Crippen LogP contribution in [0.5, 0.6) is 5.75 Å². The minimum Gasteiger partial charge on any atom is -0.480 e. The van der Waals surface area contributed by atoms with Crippen LogP contribution < -0.4 is 10.1 Å². The number of ether oxygens (including phenoxy) is 1. The minimum atomic E-state index is -0.482. The van der Waals surface area contributed by atoms with Crippen LogP contribution in [-0.4, -0.2) is 43.1 Å². The summed E-state index contributed by atoms with van der Waals surface area (Å²) in [6.45, 7) is 3.63. The van der Waals surface area contributed by atoms with Crippen LogP contribution in [0.2, 0.25) is 0 Å². The highest BCUT2D eigenvalue weighted by Gasteiger charge is 2.27. The second-order valence-corrected chi connectivity index (χ2v) is 5.64. The molecule has 2 rings (SSSR count). The Morgan fingerprint density at radius 1 is 1.53 bits per heavy atom. The summed E-state index contributed by atoms with van der Waals surface area (Å²) >= 11 is 3.42. The largest absolute Gasteiger partial charge is 0.480 e. The highest BCUT2D eigenvalue weighted by atomic mass is 79.9. The van der Waals surface area contributed by atoms with Gasteiger partial charge in [0.2, 0.25) is 0 Å². The molecule has 1 heterocycles. The maximum absolute atomic E-state index is 12.3. The van der Waals surface area contributed by atoms with Crippen LogP contribution in [-0.2, 0) is 4.79 Å². The average Bonchev–Trinajstić information content (AvgIpc) is 2.93. The van der Waals surface area contributed by atoms with Gasteiger partial charge in [-0.3, -0.25) is 4.79 Å². The Hall–Kier alpha value is -1.07. The highest BCUT2D eigenvalue weighted by Crippen LogP contribution is 2.25. The van der Waals surface area contributed by atoms with Crippen molar-refractivity contribution < 1.29 is 9.53 Å². The molecule has 2 unspecified atom stereocenters. The van der Waals surface area contributed by atoms with Crippen molar-refractivity contribution in [2.75, 3.05) is 20.1 Å². The highest BCUT2D eigenvalue weighted by molar-refractivity contribution is 9.10. The van der Waals surface area contributed by atoms with E-state index in [-0.39, 0.29) is 11.9 Å². The molecule has 1 fully saturated rings. The van der Waals surface area contributed by atoms with Crippen LogP contribution in [0.25, 0.3) is 0 Å². The fourth-order valence-electron chi connectivity index (χ4n) is 2.22. The Balaban J connectivity index is 1.97. The van der Waals surface area contributed by atoms with Crippen LogP contribution >= 0.6 is 15.9 Å². The van der Waals surface area contributed by atoms with Gasteiger partial charge in [0.15, 0.2) is 6.10 Å². The lowest BCUT2D eigenvalue weighted by atomic mass is 10.2. The summed E-state index contributed by atoms with van der Waals surface area (Å²) in [5, 5.41) is 3.26. The second kappa shape index (κ2) is 6.39. The fourth-order valence-corrected chi connectivity index (χ4v) is 2.60. The van der Waals surface area contributed by atoms with Gasteiger partial charge in [-0.2, -0.15) is 0 Å². The number of nitrogens with zero attached hydrogens (tertiary/aromatic N) is 1. The first-order chi connectivity index (χ1) is 9.09. The van der Waals surface area contributed by atoms with Gasteiger partial charge in [0, 0.05) is 19.6 Å². The predicted molar refractivity (Wildman–Crippen MR) is 78.3 cm³/mol. The zero-order chi connectivity index (χ0) is 13.8. The number of likely N-dealkylation sites (N-methyl/N-ethyl adjacent to an activating group) is 1. The van der Waals surface area contributed by atoms with Crippen molar-refractivity contribution in [1.29, 1.82) is 0 Å². The summed E-state index contributed by atoms with van der Waals surface area (Å²) in [6.07, 6.45) is 0.522. The molecule has 1 N–H and O–H groups in total. The van der Waals surface area contributed by atoms with Gasteiger partial charge in [0.05, 0.1) is 4.47 Å². The molecular weight excluding hydrogens is 308 g/mol. The van der Waals surface area contributed by atoms with Crippen molar-refractivity contribution in [2.24, 2.45) is 0 Å². The molecule has 4 nitrogen and oxygen atoms in total. The molecule has 1 amide bonds. The van der Waals surface area contributed by atoms with Gasteiger partial charge in [0.25, 0.3) is 5.91 Å². The number of para-hydroxylation sites is 1. The molecule has 0 saturated carbocycles. The van der Waals surface area contributed by atoms with Gasteiger partial charge in [0.1, 0.15) is 5.75 Å². The van der Waals surface area contributed by atoms with E-state index in [1.54, 1.807) is 11.8 Å². The maximum atomic E-state index is 12.3. The fraction of sp³-hybridized carbons (Fsp3) is 0.500. The molecule has 0 radical (unpaired) electrons. The van der Waals surface area contributed by atoms with Crippen molar-refractivity contribution >= 4 is 21.8 Å². The summed E-state index contributed by atoms with van der Waals surface area (Å²) in [5.74, 6) is 0.714. The number of carbonyl (C=O) groups is 1. The minimum absolute atomic E-state index is 0.0180. The van der Waals surface area contributed by atoms with E-state index in [9.17, 15) is 4.79 Å². The Labute approximate surface area is 122 Å². The van der Waals surface area contributed by atoms with Crippen LogP contribution in [0.3, 0.4) is 0 Å². The topological polar surface area (TPSA) is 41.6 Å². The average molecular weight is 327 g/mol. The Morgan fingerprint density at radius 3 is 2.89 bits per heavy atom. The maximum Gasteiger partial charge on any atom is 0.263 e. The van der Waals surface area contributed by atoms with E-state index in [1.165, 1.54) is 0 Å². The summed E-state index contributed by atoms with van der Waals surface area (Å²) in [6, 6.07) is 7.84. The standard InChI is InChI=1S/C14H19BrN2O2/c1-10(19-13-6-4-3-5-12(13)15)14(18)17(2)11-7-8-16-9-11/h3-6,10-11,16H,7-9H2,1-2H3. The normalized spacial score (nSPS) is 20.1. The smallest absolute Gasteiger partial charge is 0.263 e. The van der Waals surface area contributed by atoms with Crippen molar-refractivity contribution in [3.63, 3.8) is 0 Å². The molecule has 2 atom stereocenters. The Kier molecular flexibility index (Phi) is 4.82. The number of nitrogens with one attached hydrogen (secondary N) is 1. The molecule has 5 heteroatoms. The molecule has 1 aliphatic heterocycles. The quantitative estimate of drug-likeness (QED) is 0.920. The van der Waals surface area contributed by atoms with E-state index in [1.807, 2.05) is 31.3 Å². The van der Waals surface area contributed by atoms with E-state index < -0.39 is 6.10 Å². The van der Waals surface area contributed by atoms with Crippen LogP contribution in [0, 0.1) is 0 Å². The van der Waals surface area contributed by atoms with Gasteiger partial charge in [-0.15, -0.1) is 0 Å². The van der Waals surface area contributed by atoms with Crippen molar-refractivity contribution in [2.45, 2.75) is 25.5 Å². The molecule has 1 aromatic carbocycles. The first kappa shape index (κ1) is 14.3. The first-order valence-corrected chi connectivity index (χ1v) is 7.27. The van der Waals surface area contributed by atoms with E-state index in [0.717, 1.165) is 24.0 Å². The summed E-state index contributed by atoms with van der Waals surface area (Å²) < 4.78 is 6.59.